The van der Waals surface area contributed by atoms with Crippen molar-refractivity contribution < 1.29 is 18.0 Å². The van der Waals surface area contributed by atoms with Crippen LogP contribution in [-0.2, 0) is 17.5 Å². The molecule has 0 radical (unpaired) electrons. The highest BCUT2D eigenvalue weighted by Crippen LogP contribution is 2.30. The van der Waals surface area contributed by atoms with E-state index in [9.17, 15) is 18.0 Å². The van der Waals surface area contributed by atoms with Gasteiger partial charge in [-0.2, -0.15) is 13.2 Å². The van der Waals surface area contributed by atoms with Gasteiger partial charge in [-0.3, -0.25) is 4.79 Å². The fourth-order valence-corrected chi connectivity index (χ4v) is 2.58. The van der Waals surface area contributed by atoms with Gasteiger partial charge in [-0.1, -0.05) is 19.1 Å². The zero-order chi connectivity index (χ0) is 15.5. The third-order valence-electron chi connectivity index (χ3n) is 4.14. The van der Waals surface area contributed by atoms with E-state index < -0.39 is 11.7 Å². The molecule has 1 aliphatic rings. The van der Waals surface area contributed by atoms with Gasteiger partial charge in [0.2, 0.25) is 5.91 Å². The fraction of sp³-hybridized carbons (Fsp3) is 0.533. The first-order chi connectivity index (χ1) is 9.87. The topological polar surface area (TPSA) is 41.1 Å². The molecule has 1 aromatic carbocycles. The lowest BCUT2D eigenvalue weighted by Crippen LogP contribution is -2.41. The molecule has 6 heteroatoms. The molecular formula is C15H19F3N2O. The highest BCUT2D eigenvalue weighted by Gasteiger charge is 2.39. The molecule has 3 nitrogen and oxygen atoms in total. The largest absolute Gasteiger partial charge is 0.416 e. The van der Waals surface area contributed by atoms with Crippen LogP contribution in [0.4, 0.5) is 13.2 Å². The monoisotopic (exact) mass is 300 g/mol. The number of rotatable bonds is 4. The number of halogens is 3. The molecule has 2 rings (SSSR count). The lowest BCUT2D eigenvalue weighted by atomic mass is 9.83. The predicted molar refractivity (Wildman–Crippen MR) is 73.5 cm³/mol. The van der Waals surface area contributed by atoms with Crippen LogP contribution in [-0.4, -0.2) is 19.0 Å². The number of amides is 1. The van der Waals surface area contributed by atoms with Crippen molar-refractivity contribution in [1.29, 1.82) is 0 Å². The molecule has 1 fully saturated rings. The molecule has 1 atom stereocenters. The predicted octanol–water partition coefficient (Wildman–Crippen LogP) is 2.71. The summed E-state index contributed by atoms with van der Waals surface area (Å²) in [6.07, 6.45) is -2.79. The molecule has 1 saturated heterocycles. The average Bonchev–Trinajstić information content (AvgIpc) is 2.94. The van der Waals surface area contributed by atoms with Crippen LogP contribution in [0.5, 0.6) is 0 Å². The van der Waals surface area contributed by atoms with Gasteiger partial charge < -0.3 is 10.6 Å². The summed E-state index contributed by atoms with van der Waals surface area (Å²) >= 11 is 0. The van der Waals surface area contributed by atoms with E-state index in [1.165, 1.54) is 12.1 Å². The molecular weight excluding hydrogens is 281 g/mol. The van der Waals surface area contributed by atoms with Crippen LogP contribution < -0.4 is 10.6 Å². The first-order valence-corrected chi connectivity index (χ1v) is 7.02. The summed E-state index contributed by atoms with van der Waals surface area (Å²) in [7, 11) is 0. The van der Waals surface area contributed by atoms with Gasteiger partial charge in [-0.05, 0) is 37.1 Å². The van der Waals surface area contributed by atoms with Crippen LogP contribution in [0.1, 0.15) is 30.9 Å². The maximum Gasteiger partial charge on any atom is 0.416 e. The SMILES string of the molecule is CCC1(C(=O)NCc2ccc(C(F)(F)F)cc2)CCNC1. The average molecular weight is 300 g/mol. The number of carbonyl (C=O) groups is 1. The van der Waals surface area contributed by atoms with Crippen molar-refractivity contribution in [2.45, 2.75) is 32.5 Å². The summed E-state index contributed by atoms with van der Waals surface area (Å²) in [5.41, 5.74) is -0.400. The third-order valence-corrected chi connectivity index (χ3v) is 4.14. The van der Waals surface area contributed by atoms with Crippen molar-refractivity contribution in [2.24, 2.45) is 5.41 Å². The van der Waals surface area contributed by atoms with Crippen LogP contribution >= 0.6 is 0 Å². The minimum absolute atomic E-state index is 0.0325. The minimum Gasteiger partial charge on any atom is -0.352 e. The minimum atomic E-state index is -4.33. The molecule has 2 N–H and O–H groups in total. The highest BCUT2D eigenvalue weighted by molar-refractivity contribution is 5.83. The van der Waals surface area contributed by atoms with Crippen LogP contribution in [0.15, 0.2) is 24.3 Å². The van der Waals surface area contributed by atoms with Gasteiger partial charge in [0.15, 0.2) is 0 Å². The highest BCUT2D eigenvalue weighted by atomic mass is 19.4. The smallest absolute Gasteiger partial charge is 0.352 e. The van der Waals surface area contributed by atoms with Gasteiger partial charge in [0, 0.05) is 13.1 Å². The van der Waals surface area contributed by atoms with Crippen LogP contribution in [0, 0.1) is 5.41 Å². The summed E-state index contributed by atoms with van der Waals surface area (Å²) in [5, 5.41) is 6.01. The van der Waals surface area contributed by atoms with E-state index >= 15 is 0 Å². The molecule has 0 bridgehead atoms. The third kappa shape index (κ3) is 3.56. The van der Waals surface area contributed by atoms with Crippen LogP contribution in [0.25, 0.3) is 0 Å². The quantitative estimate of drug-likeness (QED) is 0.897. The van der Waals surface area contributed by atoms with E-state index in [1.807, 2.05) is 6.92 Å². The molecule has 1 amide bonds. The zero-order valence-corrected chi connectivity index (χ0v) is 11.9. The van der Waals surface area contributed by atoms with E-state index in [2.05, 4.69) is 10.6 Å². The Hall–Kier alpha value is -1.56. The maximum atomic E-state index is 12.5. The van der Waals surface area contributed by atoms with E-state index in [0.717, 1.165) is 31.5 Å². The summed E-state index contributed by atoms with van der Waals surface area (Å²) in [4.78, 5) is 12.3. The lowest BCUT2D eigenvalue weighted by molar-refractivity contribution is -0.137. The first kappa shape index (κ1) is 15.8. The molecule has 1 unspecified atom stereocenters. The van der Waals surface area contributed by atoms with Gasteiger partial charge in [0.25, 0.3) is 0 Å². The van der Waals surface area contributed by atoms with Crippen molar-refractivity contribution in [1.82, 2.24) is 10.6 Å². The number of alkyl halides is 3. The van der Waals surface area contributed by atoms with E-state index in [1.54, 1.807) is 0 Å². The molecule has 0 saturated carbocycles. The van der Waals surface area contributed by atoms with E-state index in [0.29, 0.717) is 12.1 Å². The van der Waals surface area contributed by atoms with E-state index in [4.69, 9.17) is 0 Å². The lowest BCUT2D eigenvalue weighted by Gasteiger charge is -2.25. The van der Waals surface area contributed by atoms with Gasteiger partial charge in [0.1, 0.15) is 0 Å². The second-order valence-electron chi connectivity index (χ2n) is 5.44. The Kier molecular flexibility index (Phi) is 4.56. The standard InChI is InChI=1S/C15H19F3N2O/c1-2-14(7-8-19-10-14)13(21)20-9-11-3-5-12(6-4-11)15(16,17)18/h3-6,19H,2,7-10H2,1H3,(H,20,21). The molecule has 0 aromatic heterocycles. The fourth-order valence-electron chi connectivity index (χ4n) is 2.58. The number of carbonyl (C=O) groups excluding carboxylic acids is 1. The zero-order valence-electron chi connectivity index (χ0n) is 11.9. The Morgan fingerprint density at radius 2 is 2.00 bits per heavy atom. The van der Waals surface area contributed by atoms with Crippen molar-refractivity contribution in [3.63, 3.8) is 0 Å². The summed E-state index contributed by atoms with van der Waals surface area (Å²) in [6, 6.07) is 4.87. The summed E-state index contributed by atoms with van der Waals surface area (Å²) in [5.74, 6) is -0.0325. The number of nitrogens with one attached hydrogen (secondary N) is 2. The second-order valence-corrected chi connectivity index (χ2v) is 5.44. The molecule has 1 aromatic rings. The van der Waals surface area contributed by atoms with Crippen molar-refractivity contribution >= 4 is 5.91 Å². The Balaban J connectivity index is 1.95. The number of benzene rings is 1. The second kappa shape index (κ2) is 6.05. The Morgan fingerprint density at radius 1 is 1.33 bits per heavy atom. The Morgan fingerprint density at radius 3 is 2.48 bits per heavy atom. The number of hydrogen-bond acceptors (Lipinski definition) is 2. The molecule has 21 heavy (non-hydrogen) atoms. The van der Waals surface area contributed by atoms with Gasteiger partial charge >= 0.3 is 6.18 Å². The Labute approximate surface area is 121 Å². The normalized spacial score (nSPS) is 22.3. The van der Waals surface area contributed by atoms with Crippen LogP contribution in [0.3, 0.4) is 0 Å². The first-order valence-electron chi connectivity index (χ1n) is 7.02. The van der Waals surface area contributed by atoms with E-state index in [-0.39, 0.29) is 17.9 Å². The molecule has 0 spiro atoms. The van der Waals surface area contributed by atoms with Crippen molar-refractivity contribution in [3.8, 4) is 0 Å². The van der Waals surface area contributed by atoms with Gasteiger partial charge in [0.05, 0.1) is 11.0 Å². The summed E-state index contributed by atoms with van der Waals surface area (Å²) in [6.45, 7) is 3.70. The van der Waals surface area contributed by atoms with Gasteiger partial charge in [-0.15, -0.1) is 0 Å². The maximum absolute atomic E-state index is 12.5. The Bertz CT molecular complexity index is 491. The molecule has 116 valence electrons. The molecule has 1 aliphatic heterocycles. The molecule has 1 heterocycles. The van der Waals surface area contributed by atoms with Crippen LogP contribution in [0.2, 0.25) is 0 Å². The number of hydrogen-bond donors (Lipinski definition) is 2. The summed E-state index contributed by atoms with van der Waals surface area (Å²) < 4.78 is 37.4. The van der Waals surface area contributed by atoms with Crippen molar-refractivity contribution in [3.05, 3.63) is 35.4 Å². The molecule has 0 aliphatic carbocycles. The van der Waals surface area contributed by atoms with Crippen molar-refractivity contribution in [2.75, 3.05) is 13.1 Å². The van der Waals surface area contributed by atoms with Gasteiger partial charge in [-0.25, -0.2) is 0 Å².